The van der Waals surface area contributed by atoms with Crippen LogP contribution in [0.25, 0.3) is 0 Å². The van der Waals surface area contributed by atoms with Crippen molar-refractivity contribution in [2.75, 3.05) is 19.0 Å². The molecule has 1 nitrogen and oxygen atoms in total. The molecule has 0 aliphatic heterocycles. The molecule has 0 saturated heterocycles. The number of halogens is 4. The summed E-state index contributed by atoms with van der Waals surface area (Å²) >= 11 is 18.4. The van der Waals surface area contributed by atoms with Crippen LogP contribution >= 0.6 is 34.8 Å². The summed E-state index contributed by atoms with van der Waals surface area (Å²) in [5, 5.41) is 1.63. The van der Waals surface area contributed by atoms with E-state index in [-0.39, 0.29) is 11.7 Å². The van der Waals surface area contributed by atoms with E-state index in [1.807, 2.05) is 19.0 Å². The number of hydrogen-bond acceptors (Lipinski definition) is 1. The predicted octanol–water partition coefficient (Wildman–Crippen LogP) is 5.19. The summed E-state index contributed by atoms with van der Waals surface area (Å²) in [6.45, 7) is 0. The second-order valence-electron chi connectivity index (χ2n) is 4.64. The Balaban J connectivity index is 2.51. The lowest BCUT2D eigenvalue weighted by Gasteiger charge is -2.26. The monoisotopic (exact) mass is 319 g/mol. The van der Waals surface area contributed by atoms with Crippen molar-refractivity contribution in [3.8, 4) is 0 Å². The highest BCUT2D eigenvalue weighted by Gasteiger charge is 2.26. The third-order valence-electron chi connectivity index (χ3n) is 3.07. The van der Waals surface area contributed by atoms with E-state index in [9.17, 15) is 4.39 Å². The van der Waals surface area contributed by atoms with Crippen molar-refractivity contribution >= 4 is 40.5 Å². The van der Waals surface area contributed by atoms with Gasteiger partial charge in [-0.1, -0.05) is 40.9 Å². The molecule has 0 amide bonds. The molecule has 19 heavy (non-hydrogen) atoms. The number of anilines is 1. The van der Waals surface area contributed by atoms with Gasteiger partial charge in [-0.05, 0) is 30.2 Å². The van der Waals surface area contributed by atoms with Crippen LogP contribution in [0.2, 0.25) is 0 Å². The predicted molar refractivity (Wildman–Crippen MR) is 80.8 cm³/mol. The first-order valence-electron chi connectivity index (χ1n) is 5.78. The third kappa shape index (κ3) is 3.07. The van der Waals surface area contributed by atoms with Crippen LogP contribution in [-0.4, -0.2) is 14.1 Å². The van der Waals surface area contributed by atoms with Crippen LogP contribution in [0, 0.1) is 5.82 Å². The molecule has 0 fully saturated rings. The van der Waals surface area contributed by atoms with Gasteiger partial charge in [0.05, 0.1) is 5.03 Å². The normalized spacial score (nSPS) is 19.5. The Bertz CT molecular complexity index is 564. The lowest BCUT2D eigenvalue weighted by Crippen LogP contribution is -2.15. The molecule has 0 spiro atoms. The SMILES string of the molecule is CN(C)c1cc(F)ccc1C1CC(Cl)=CC(Cl)=C1Cl. The molecule has 102 valence electrons. The van der Waals surface area contributed by atoms with Crippen molar-refractivity contribution in [1.29, 1.82) is 0 Å². The summed E-state index contributed by atoms with van der Waals surface area (Å²) in [6.07, 6.45) is 2.23. The Hall–Kier alpha value is -0.700. The van der Waals surface area contributed by atoms with Gasteiger partial charge in [-0.15, -0.1) is 0 Å². The van der Waals surface area contributed by atoms with E-state index in [1.54, 1.807) is 12.1 Å². The molecule has 0 N–H and O–H groups in total. The fourth-order valence-corrected chi connectivity index (χ4v) is 2.99. The molecule has 2 rings (SSSR count). The Kier molecular flexibility index (Phi) is 4.44. The smallest absolute Gasteiger partial charge is 0.125 e. The molecule has 5 heteroatoms. The van der Waals surface area contributed by atoms with Crippen molar-refractivity contribution in [2.24, 2.45) is 0 Å². The van der Waals surface area contributed by atoms with E-state index < -0.39 is 0 Å². The molecule has 1 aliphatic rings. The van der Waals surface area contributed by atoms with Gasteiger partial charge < -0.3 is 4.90 Å². The van der Waals surface area contributed by atoms with E-state index in [0.29, 0.717) is 21.5 Å². The third-order valence-corrected chi connectivity index (χ3v) is 4.21. The molecule has 1 unspecified atom stereocenters. The minimum atomic E-state index is -0.281. The van der Waals surface area contributed by atoms with Gasteiger partial charge >= 0.3 is 0 Å². The number of rotatable bonds is 2. The maximum Gasteiger partial charge on any atom is 0.125 e. The lowest BCUT2D eigenvalue weighted by molar-refractivity contribution is 0.626. The molecule has 1 aliphatic carbocycles. The molecule has 1 aromatic rings. The first-order valence-corrected chi connectivity index (χ1v) is 6.91. The zero-order valence-electron chi connectivity index (χ0n) is 10.6. The molecule has 0 bridgehead atoms. The maximum atomic E-state index is 13.4. The molecule has 0 aromatic heterocycles. The van der Waals surface area contributed by atoms with Gasteiger partial charge in [0.1, 0.15) is 5.82 Å². The largest absolute Gasteiger partial charge is 0.377 e. The highest BCUT2D eigenvalue weighted by Crippen LogP contribution is 2.44. The van der Waals surface area contributed by atoms with Gasteiger partial charge in [-0.3, -0.25) is 0 Å². The topological polar surface area (TPSA) is 3.24 Å². The second-order valence-corrected chi connectivity index (χ2v) is 5.94. The van der Waals surface area contributed by atoms with E-state index in [2.05, 4.69) is 0 Å². The molecule has 0 radical (unpaired) electrons. The van der Waals surface area contributed by atoms with Crippen molar-refractivity contribution < 1.29 is 4.39 Å². The number of hydrogen-bond donors (Lipinski definition) is 0. The molecule has 1 atom stereocenters. The van der Waals surface area contributed by atoms with Gasteiger partial charge in [-0.25, -0.2) is 4.39 Å². The molecular weight excluding hydrogens is 308 g/mol. The van der Waals surface area contributed by atoms with E-state index in [0.717, 1.165) is 11.3 Å². The molecule has 0 heterocycles. The Morgan fingerprint density at radius 1 is 1.21 bits per heavy atom. The number of allylic oxidation sites excluding steroid dienone is 4. The highest BCUT2D eigenvalue weighted by atomic mass is 35.5. The van der Waals surface area contributed by atoms with Gasteiger partial charge in [0.2, 0.25) is 0 Å². The van der Waals surface area contributed by atoms with Crippen LogP contribution in [0.4, 0.5) is 10.1 Å². The van der Waals surface area contributed by atoms with Crippen LogP contribution in [0.15, 0.2) is 39.4 Å². The van der Waals surface area contributed by atoms with Gasteiger partial charge in [-0.2, -0.15) is 0 Å². The Morgan fingerprint density at radius 3 is 2.53 bits per heavy atom. The zero-order chi connectivity index (χ0) is 14.2. The van der Waals surface area contributed by atoms with Crippen molar-refractivity contribution in [3.05, 3.63) is 50.8 Å². The Labute approximate surface area is 127 Å². The van der Waals surface area contributed by atoms with Crippen LogP contribution in [0.1, 0.15) is 17.9 Å². The number of benzene rings is 1. The zero-order valence-corrected chi connectivity index (χ0v) is 12.8. The average Bonchev–Trinajstić information content (AvgIpc) is 2.34. The van der Waals surface area contributed by atoms with Crippen molar-refractivity contribution in [2.45, 2.75) is 12.3 Å². The average molecular weight is 321 g/mol. The van der Waals surface area contributed by atoms with Gasteiger partial charge in [0, 0.05) is 35.8 Å². The van der Waals surface area contributed by atoms with Crippen molar-refractivity contribution in [3.63, 3.8) is 0 Å². The van der Waals surface area contributed by atoms with Gasteiger partial charge in [0.25, 0.3) is 0 Å². The summed E-state index contributed by atoms with van der Waals surface area (Å²) in [5.41, 5.74) is 1.69. The van der Waals surface area contributed by atoms with Crippen LogP contribution in [0.5, 0.6) is 0 Å². The standard InChI is InChI=1S/C14H13Cl3FN/c1-19(2)13-7-9(18)3-4-10(13)11-5-8(15)6-12(16)14(11)17/h3-4,6-7,11H,5H2,1-2H3. The molecule has 1 aromatic carbocycles. The summed E-state index contributed by atoms with van der Waals surface area (Å²) in [4.78, 5) is 1.85. The fraction of sp³-hybridized carbons (Fsp3) is 0.286. The van der Waals surface area contributed by atoms with E-state index in [1.165, 1.54) is 12.1 Å². The highest BCUT2D eigenvalue weighted by molar-refractivity contribution is 6.42. The maximum absolute atomic E-state index is 13.4. The van der Waals surface area contributed by atoms with Crippen LogP contribution < -0.4 is 4.90 Å². The first-order chi connectivity index (χ1) is 8.90. The lowest BCUT2D eigenvalue weighted by atomic mass is 9.90. The quantitative estimate of drug-likeness (QED) is 0.724. The van der Waals surface area contributed by atoms with Crippen LogP contribution in [0.3, 0.4) is 0 Å². The minimum Gasteiger partial charge on any atom is -0.377 e. The number of nitrogens with zero attached hydrogens (tertiary/aromatic N) is 1. The minimum absolute atomic E-state index is 0.135. The van der Waals surface area contributed by atoms with Crippen LogP contribution in [-0.2, 0) is 0 Å². The summed E-state index contributed by atoms with van der Waals surface area (Å²) in [6, 6.07) is 4.64. The fourth-order valence-electron chi connectivity index (χ4n) is 2.16. The molecular formula is C14H13Cl3FN. The van der Waals surface area contributed by atoms with E-state index >= 15 is 0 Å². The summed E-state index contributed by atoms with van der Waals surface area (Å²) in [7, 11) is 3.72. The van der Waals surface area contributed by atoms with E-state index in [4.69, 9.17) is 34.8 Å². The summed E-state index contributed by atoms with van der Waals surface area (Å²) < 4.78 is 13.4. The summed E-state index contributed by atoms with van der Waals surface area (Å²) in [5.74, 6) is -0.416. The Morgan fingerprint density at radius 2 is 1.89 bits per heavy atom. The second kappa shape index (κ2) is 5.74. The van der Waals surface area contributed by atoms with Gasteiger partial charge in [0.15, 0.2) is 0 Å². The van der Waals surface area contributed by atoms with Crippen molar-refractivity contribution in [1.82, 2.24) is 0 Å². The first kappa shape index (κ1) is 14.7. The molecule has 0 saturated carbocycles.